The third kappa shape index (κ3) is 1.81. The molecule has 0 spiro atoms. The van der Waals surface area contributed by atoms with E-state index in [1.54, 1.807) is 0 Å². The van der Waals surface area contributed by atoms with Crippen LogP contribution in [0.2, 0.25) is 0 Å². The largest absolute Gasteiger partial charge is 0.329 e. The first-order valence-corrected chi connectivity index (χ1v) is 3.67. The maximum Gasteiger partial charge on any atom is 0.166 e. The molecule has 1 rings (SSSR count). The molecule has 0 amide bonds. The third-order valence-electron chi connectivity index (χ3n) is 1.70. The molecule has 0 aromatic heterocycles. The van der Waals surface area contributed by atoms with Crippen LogP contribution in [0.4, 0.5) is 13.2 Å². The molecule has 0 aliphatic carbocycles. The van der Waals surface area contributed by atoms with Crippen LogP contribution in [0.5, 0.6) is 0 Å². The molecule has 0 aliphatic rings. The lowest BCUT2D eigenvalue weighted by Crippen LogP contribution is -2.23. The number of hydrogen-bond donors (Lipinski definition) is 2. The first-order valence-electron chi connectivity index (χ1n) is 3.67. The Bertz CT molecular complexity index is 315. The molecule has 1 atom stereocenters. The highest BCUT2D eigenvalue weighted by molar-refractivity contribution is 5.24. The summed E-state index contributed by atoms with van der Waals surface area (Å²) in [4.78, 5) is 0. The second-order valence-electron chi connectivity index (χ2n) is 2.60. The first-order chi connectivity index (χ1) is 6.07. The smallest absolute Gasteiger partial charge is 0.166 e. The molecule has 1 aromatic carbocycles. The zero-order valence-electron chi connectivity index (χ0n) is 6.73. The van der Waals surface area contributed by atoms with Crippen LogP contribution in [0.15, 0.2) is 12.1 Å². The fourth-order valence-electron chi connectivity index (χ4n) is 1.00. The molecule has 0 bridgehead atoms. The Balaban J connectivity index is 3.25. The monoisotopic (exact) mass is 190 g/mol. The van der Waals surface area contributed by atoms with Gasteiger partial charge in [-0.25, -0.2) is 13.2 Å². The second kappa shape index (κ2) is 3.76. The highest BCUT2D eigenvalue weighted by Crippen LogP contribution is 2.20. The molecule has 0 radical (unpaired) electrons. The van der Waals surface area contributed by atoms with Crippen molar-refractivity contribution in [3.05, 3.63) is 35.1 Å². The molecule has 0 aliphatic heterocycles. The normalized spacial score (nSPS) is 13.0. The van der Waals surface area contributed by atoms with Gasteiger partial charge in [-0.1, -0.05) is 0 Å². The minimum Gasteiger partial charge on any atom is -0.329 e. The van der Waals surface area contributed by atoms with E-state index in [0.717, 1.165) is 6.07 Å². The van der Waals surface area contributed by atoms with Gasteiger partial charge >= 0.3 is 0 Å². The van der Waals surface area contributed by atoms with Gasteiger partial charge < -0.3 is 11.5 Å². The van der Waals surface area contributed by atoms with E-state index in [4.69, 9.17) is 11.5 Å². The van der Waals surface area contributed by atoms with E-state index >= 15 is 0 Å². The van der Waals surface area contributed by atoms with Crippen molar-refractivity contribution >= 4 is 0 Å². The van der Waals surface area contributed by atoms with Crippen molar-refractivity contribution in [2.45, 2.75) is 6.04 Å². The summed E-state index contributed by atoms with van der Waals surface area (Å²) in [5, 5.41) is 0. The van der Waals surface area contributed by atoms with Crippen molar-refractivity contribution in [2.75, 3.05) is 6.54 Å². The summed E-state index contributed by atoms with van der Waals surface area (Å²) in [6.45, 7) is -0.142. The molecule has 0 fully saturated rings. The van der Waals surface area contributed by atoms with Crippen LogP contribution in [-0.2, 0) is 0 Å². The lowest BCUT2D eigenvalue weighted by molar-refractivity contribution is 0.466. The maximum absolute atomic E-state index is 12.9. The van der Waals surface area contributed by atoms with Crippen molar-refractivity contribution < 1.29 is 13.2 Å². The number of nitrogens with two attached hydrogens (primary N) is 2. The Labute approximate surface area is 73.3 Å². The van der Waals surface area contributed by atoms with Gasteiger partial charge in [0.15, 0.2) is 11.6 Å². The molecule has 0 saturated heterocycles. The Morgan fingerprint density at radius 2 is 1.69 bits per heavy atom. The van der Waals surface area contributed by atoms with Crippen LogP contribution in [-0.4, -0.2) is 6.54 Å². The lowest BCUT2D eigenvalue weighted by atomic mass is 10.1. The summed E-state index contributed by atoms with van der Waals surface area (Å²) in [5.74, 6) is -3.27. The standard InChI is InChI=1S/C8H9F3N2/c9-4-1-2-5(10)8(11)7(4)6(13)3-12/h1-2,6H,3,12-13H2/t6-/m0/s1. The predicted molar refractivity (Wildman–Crippen MR) is 42.3 cm³/mol. The molecule has 72 valence electrons. The van der Waals surface area contributed by atoms with E-state index in [0.29, 0.717) is 6.07 Å². The van der Waals surface area contributed by atoms with Crippen LogP contribution in [0.1, 0.15) is 11.6 Å². The summed E-state index contributed by atoms with van der Waals surface area (Å²) in [7, 11) is 0. The minimum absolute atomic E-state index is 0.142. The molecule has 0 saturated carbocycles. The maximum atomic E-state index is 12.9. The Morgan fingerprint density at radius 3 is 2.23 bits per heavy atom. The zero-order chi connectivity index (χ0) is 10.0. The fourth-order valence-corrected chi connectivity index (χ4v) is 1.00. The van der Waals surface area contributed by atoms with Crippen LogP contribution in [0.25, 0.3) is 0 Å². The van der Waals surface area contributed by atoms with Gasteiger partial charge in [-0.3, -0.25) is 0 Å². The van der Waals surface area contributed by atoms with E-state index < -0.39 is 29.1 Å². The van der Waals surface area contributed by atoms with Gasteiger partial charge in [0, 0.05) is 18.2 Å². The van der Waals surface area contributed by atoms with Gasteiger partial charge in [-0.15, -0.1) is 0 Å². The summed E-state index contributed by atoms with van der Waals surface area (Å²) in [5.41, 5.74) is 9.91. The SMILES string of the molecule is NC[C@H](N)c1c(F)ccc(F)c1F. The van der Waals surface area contributed by atoms with E-state index in [1.165, 1.54) is 0 Å². The van der Waals surface area contributed by atoms with Crippen molar-refractivity contribution in [3.63, 3.8) is 0 Å². The molecule has 13 heavy (non-hydrogen) atoms. The molecular formula is C8H9F3N2. The Hall–Kier alpha value is -1.07. The number of halogens is 3. The molecule has 4 N–H and O–H groups in total. The Morgan fingerprint density at radius 1 is 1.15 bits per heavy atom. The molecule has 1 aromatic rings. The van der Waals surface area contributed by atoms with E-state index in [1.807, 2.05) is 0 Å². The average molecular weight is 190 g/mol. The molecule has 2 nitrogen and oxygen atoms in total. The number of benzene rings is 1. The number of rotatable bonds is 2. The number of hydrogen-bond acceptors (Lipinski definition) is 2. The van der Waals surface area contributed by atoms with E-state index in [-0.39, 0.29) is 6.54 Å². The quantitative estimate of drug-likeness (QED) is 0.685. The zero-order valence-corrected chi connectivity index (χ0v) is 6.73. The third-order valence-corrected chi connectivity index (χ3v) is 1.70. The molecular weight excluding hydrogens is 181 g/mol. The van der Waals surface area contributed by atoms with E-state index in [9.17, 15) is 13.2 Å². The van der Waals surface area contributed by atoms with Crippen LogP contribution in [0.3, 0.4) is 0 Å². The highest BCUT2D eigenvalue weighted by Gasteiger charge is 2.18. The van der Waals surface area contributed by atoms with Crippen molar-refractivity contribution in [1.82, 2.24) is 0 Å². The topological polar surface area (TPSA) is 52.0 Å². The van der Waals surface area contributed by atoms with Crippen molar-refractivity contribution in [1.29, 1.82) is 0 Å². The van der Waals surface area contributed by atoms with Gasteiger partial charge in [0.05, 0.1) is 0 Å². The average Bonchev–Trinajstić information content (AvgIpc) is 2.12. The summed E-state index contributed by atoms with van der Waals surface area (Å²) >= 11 is 0. The van der Waals surface area contributed by atoms with Gasteiger partial charge in [0.2, 0.25) is 0 Å². The van der Waals surface area contributed by atoms with E-state index in [2.05, 4.69) is 0 Å². The summed E-state index contributed by atoms with van der Waals surface area (Å²) < 4.78 is 38.5. The highest BCUT2D eigenvalue weighted by atomic mass is 19.2. The summed E-state index contributed by atoms with van der Waals surface area (Å²) in [6.07, 6.45) is 0. The Kier molecular flexibility index (Phi) is 2.90. The first kappa shape index (κ1) is 10.0. The molecule has 0 unspecified atom stereocenters. The van der Waals surface area contributed by atoms with Gasteiger partial charge in [-0.2, -0.15) is 0 Å². The summed E-state index contributed by atoms with van der Waals surface area (Å²) in [6, 6.07) is 0.511. The molecule has 0 heterocycles. The fraction of sp³-hybridized carbons (Fsp3) is 0.250. The van der Waals surface area contributed by atoms with Gasteiger partial charge in [-0.05, 0) is 12.1 Å². The minimum atomic E-state index is -1.27. The van der Waals surface area contributed by atoms with Crippen molar-refractivity contribution in [3.8, 4) is 0 Å². The van der Waals surface area contributed by atoms with Crippen LogP contribution in [0, 0.1) is 17.5 Å². The lowest BCUT2D eigenvalue weighted by Gasteiger charge is -2.11. The van der Waals surface area contributed by atoms with Crippen LogP contribution < -0.4 is 11.5 Å². The van der Waals surface area contributed by atoms with Crippen molar-refractivity contribution in [2.24, 2.45) is 11.5 Å². The van der Waals surface area contributed by atoms with Gasteiger partial charge in [0.1, 0.15) is 5.82 Å². The van der Waals surface area contributed by atoms with Crippen LogP contribution >= 0.6 is 0 Å². The predicted octanol–water partition coefficient (Wildman–Crippen LogP) is 1.06. The second-order valence-corrected chi connectivity index (χ2v) is 2.60. The molecule has 5 heteroatoms. The van der Waals surface area contributed by atoms with Gasteiger partial charge in [0.25, 0.3) is 0 Å².